The number of esters is 1. The Hall–Kier alpha value is -2.10. The van der Waals surface area contributed by atoms with E-state index in [-0.39, 0.29) is 19.8 Å². The first kappa shape index (κ1) is 24.9. The van der Waals surface area contributed by atoms with E-state index in [0.717, 1.165) is 5.56 Å². The Morgan fingerprint density at radius 1 is 1.17 bits per heavy atom. The molecule has 8 nitrogen and oxygen atoms in total. The second-order valence-electron chi connectivity index (χ2n) is 5.88. The third-order valence-corrected chi connectivity index (χ3v) is 5.49. The quantitative estimate of drug-likeness (QED) is 0.402. The van der Waals surface area contributed by atoms with Crippen molar-refractivity contribution in [2.24, 2.45) is 0 Å². The molecule has 164 valence electrons. The molecule has 0 aliphatic heterocycles. The molecule has 0 aliphatic carbocycles. The van der Waals surface area contributed by atoms with Gasteiger partial charge in [-0.2, -0.15) is 13.2 Å². The van der Waals surface area contributed by atoms with E-state index >= 15 is 0 Å². The highest BCUT2D eigenvalue weighted by Crippen LogP contribution is 2.43. The van der Waals surface area contributed by atoms with Crippen LogP contribution in [0.4, 0.5) is 18.0 Å². The Morgan fingerprint density at radius 3 is 2.41 bits per heavy atom. The van der Waals surface area contributed by atoms with Crippen LogP contribution in [0.2, 0.25) is 0 Å². The number of alkyl carbamates (subject to hydrolysis) is 1. The van der Waals surface area contributed by atoms with Gasteiger partial charge in [0, 0.05) is 6.54 Å². The molecule has 0 heterocycles. The average molecular weight is 440 g/mol. The van der Waals surface area contributed by atoms with Crippen LogP contribution in [0.1, 0.15) is 19.4 Å². The second kappa shape index (κ2) is 11.8. The molecule has 29 heavy (non-hydrogen) atoms. The summed E-state index contributed by atoms with van der Waals surface area (Å²) in [4.78, 5) is 23.3. The molecule has 2 N–H and O–H groups in total. The molecular formula is C17H24F3N2O6P. The summed E-state index contributed by atoms with van der Waals surface area (Å²) in [7, 11) is -4.12. The summed E-state index contributed by atoms with van der Waals surface area (Å²) in [5.41, 5.74) is 0.742. The molecule has 1 amide bonds. The molecule has 12 heteroatoms. The van der Waals surface area contributed by atoms with Gasteiger partial charge in [-0.3, -0.25) is 9.36 Å². The zero-order valence-electron chi connectivity index (χ0n) is 16.0. The Balaban J connectivity index is 2.57. The topological polar surface area (TPSA) is 103 Å². The van der Waals surface area contributed by atoms with Crippen LogP contribution in [0.25, 0.3) is 0 Å². The Morgan fingerprint density at radius 2 is 1.83 bits per heavy atom. The van der Waals surface area contributed by atoms with E-state index < -0.39 is 44.6 Å². The average Bonchev–Trinajstić information content (AvgIpc) is 2.65. The molecule has 0 spiro atoms. The molecule has 0 aromatic heterocycles. The van der Waals surface area contributed by atoms with E-state index in [9.17, 15) is 27.3 Å². The SMILES string of the molecule is CCOC(=O)[C@@H](C)NP(=O)(CCNC(=O)OCc1ccccc1)OCC(F)(F)F. The zero-order valence-corrected chi connectivity index (χ0v) is 16.9. The van der Waals surface area contributed by atoms with Gasteiger partial charge in [-0.1, -0.05) is 30.3 Å². The van der Waals surface area contributed by atoms with Crippen LogP contribution >= 0.6 is 7.52 Å². The van der Waals surface area contributed by atoms with Crippen molar-refractivity contribution < 1.29 is 41.3 Å². The maximum atomic E-state index is 12.7. The summed E-state index contributed by atoms with van der Waals surface area (Å²) in [6.45, 7) is 0.801. The van der Waals surface area contributed by atoms with Crippen molar-refractivity contribution in [1.82, 2.24) is 10.4 Å². The Bertz CT molecular complexity index is 702. The van der Waals surface area contributed by atoms with E-state index in [1.807, 2.05) is 0 Å². The van der Waals surface area contributed by atoms with Gasteiger partial charge in [0.15, 0.2) is 6.61 Å². The highest BCUT2D eigenvalue weighted by Gasteiger charge is 2.35. The predicted octanol–water partition coefficient (Wildman–Crippen LogP) is 3.23. The molecule has 1 aromatic carbocycles. The van der Waals surface area contributed by atoms with Gasteiger partial charge in [0.25, 0.3) is 7.52 Å². The third kappa shape index (κ3) is 10.9. The lowest BCUT2D eigenvalue weighted by Gasteiger charge is -2.23. The number of carbonyl (C=O) groups is 2. The van der Waals surface area contributed by atoms with Gasteiger partial charge >= 0.3 is 18.2 Å². The zero-order chi connectivity index (χ0) is 21.9. The maximum absolute atomic E-state index is 12.7. The molecule has 1 unspecified atom stereocenters. The van der Waals surface area contributed by atoms with Gasteiger partial charge in [-0.25, -0.2) is 9.88 Å². The van der Waals surface area contributed by atoms with Gasteiger partial charge in [-0.05, 0) is 19.4 Å². The molecule has 0 saturated carbocycles. The summed E-state index contributed by atoms with van der Waals surface area (Å²) >= 11 is 0. The second-order valence-corrected chi connectivity index (χ2v) is 8.19. The van der Waals surface area contributed by atoms with Crippen LogP contribution < -0.4 is 10.4 Å². The number of halogens is 3. The normalized spacial score (nSPS) is 14.5. The minimum absolute atomic E-state index is 0.00689. The van der Waals surface area contributed by atoms with Crippen LogP contribution in [0.3, 0.4) is 0 Å². The molecule has 2 atom stereocenters. The van der Waals surface area contributed by atoms with Crippen molar-refractivity contribution in [1.29, 1.82) is 0 Å². The number of rotatable bonds is 11. The summed E-state index contributed by atoms with van der Waals surface area (Å²) in [6.07, 6.45) is -6.05. The Labute approximate surface area is 166 Å². The lowest BCUT2D eigenvalue weighted by Crippen LogP contribution is -2.37. The molecule has 0 radical (unpaired) electrons. The molecule has 0 saturated heterocycles. The van der Waals surface area contributed by atoms with E-state index in [1.165, 1.54) is 6.92 Å². The molecule has 0 bridgehead atoms. The largest absolute Gasteiger partial charge is 0.465 e. The van der Waals surface area contributed by atoms with Crippen molar-refractivity contribution in [2.75, 3.05) is 25.9 Å². The van der Waals surface area contributed by atoms with Crippen molar-refractivity contribution in [2.45, 2.75) is 32.7 Å². The highest BCUT2D eigenvalue weighted by atomic mass is 31.2. The lowest BCUT2D eigenvalue weighted by atomic mass is 10.2. The fourth-order valence-corrected chi connectivity index (χ4v) is 3.83. The van der Waals surface area contributed by atoms with E-state index in [1.54, 1.807) is 37.3 Å². The minimum Gasteiger partial charge on any atom is -0.465 e. The first-order chi connectivity index (χ1) is 13.5. The fourth-order valence-electron chi connectivity index (χ4n) is 2.04. The van der Waals surface area contributed by atoms with E-state index in [0.29, 0.717) is 0 Å². The van der Waals surface area contributed by atoms with Crippen LogP contribution in [-0.4, -0.2) is 50.2 Å². The predicted molar refractivity (Wildman–Crippen MR) is 98.3 cm³/mol. The third-order valence-electron chi connectivity index (χ3n) is 3.36. The Kier molecular flexibility index (Phi) is 10.1. The number of benzene rings is 1. The van der Waals surface area contributed by atoms with Crippen LogP contribution in [-0.2, 0) is 30.0 Å². The summed E-state index contributed by atoms with van der Waals surface area (Å²) < 4.78 is 64.3. The monoisotopic (exact) mass is 440 g/mol. The first-order valence-electron chi connectivity index (χ1n) is 8.74. The lowest BCUT2D eigenvalue weighted by molar-refractivity contribution is -0.153. The number of carbonyl (C=O) groups excluding carboxylic acids is 2. The number of alkyl halides is 3. The molecule has 1 aromatic rings. The minimum atomic E-state index is -4.72. The van der Waals surface area contributed by atoms with Gasteiger partial charge in [0.2, 0.25) is 0 Å². The van der Waals surface area contributed by atoms with Crippen LogP contribution in [0.5, 0.6) is 0 Å². The number of amides is 1. The summed E-state index contributed by atoms with van der Waals surface area (Å²) in [5, 5.41) is 4.53. The van der Waals surface area contributed by atoms with E-state index in [2.05, 4.69) is 14.9 Å². The smallest absolute Gasteiger partial charge is 0.412 e. The molecule has 0 aliphatic rings. The van der Waals surface area contributed by atoms with Crippen molar-refractivity contribution in [3.8, 4) is 0 Å². The highest BCUT2D eigenvalue weighted by molar-refractivity contribution is 7.56. The molecule has 0 fully saturated rings. The molecule has 1 rings (SSSR count). The molecular weight excluding hydrogens is 416 g/mol. The van der Waals surface area contributed by atoms with Gasteiger partial charge in [0.05, 0.1) is 12.8 Å². The van der Waals surface area contributed by atoms with Crippen molar-refractivity contribution in [3.05, 3.63) is 35.9 Å². The summed E-state index contributed by atoms with van der Waals surface area (Å²) in [5.74, 6) is -0.793. The van der Waals surface area contributed by atoms with Crippen LogP contribution in [0.15, 0.2) is 30.3 Å². The first-order valence-corrected chi connectivity index (χ1v) is 10.5. The number of nitrogens with one attached hydrogen (secondary N) is 2. The van der Waals surface area contributed by atoms with Gasteiger partial charge in [-0.15, -0.1) is 0 Å². The standard InChI is InChI=1S/C17H24F3N2O6P/c1-3-26-15(23)13(2)22-29(25,28-12-17(18,19)20)10-9-21-16(24)27-11-14-7-5-4-6-8-14/h4-8,13H,3,9-12H2,1-2H3,(H,21,24)(H,22,25)/t13-,29?/m1/s1. The summed E-state index contributed by atoms with van der Waals surface area (Å²) in [6, 6.07) is 7.65. The maximum Gasteiger partial charge on any atom is 0.412 e. The number of ether oxygens (including phenoxy) is 2. The number of hydrogen-bond donors (Lipinski definition) is 2. The van der Waals surface area contributed by atoms with Crippen molar-refractivity contribution in [3.63, 3.8) is 0 Å². The van der Waals surface area contributed by atoms with Crippen LogP contribution in [0, 0.1) is 0 Å². The van der Waals surface area contributed by atoms with Crippen molar-refractivity contribution >= 4 is 19.6 Å². The fraction of sp³-hybridized carbons (Fsp3) is 0.529. The van der Waals surface area contributed by atoms with Gasteiger partial charge in [0.1, 0.15) is 12.6 Å². The van der Waals surface area contributed by atoms with Gasteiger partial charge < -0.3 is 19.3 Å². The number of hydrogen-bond acceptors (Lipinski definition) is 6. The van der Waals surface area contributed by atoms with E-state index in [4.69, 9.17) is 9.47 Å².